The van der Waals surface area contributed by atoms with Crippen molar-refractivity contribution in [2.24, 2.45) is 10.8 Å². The van der Waals surface area contributed by atoms with E-state index in [1.807, 2.05) is 166 Å². The van der Waals surface area contributed by atoms with E-state index in [1.165, 1.54) is 0 Å². The maximum Gasteiger partial charge on any atom is 0.107 e. The molecule has 0 radical (unpaired) electrons. The fourth-order valence-corrected chi connectivity index (χ4v) is 2.99. The van der Waals surface area contributed by atoms with Crippen LogP contribution in [-0.4, -0.2) is 89.0 Å². The van der Waals surface area contributed by atoms with Crippen LogP contribution in [0.5, 0.6) is 0 Å². The summed E-state index contributed by atoms with van der Waals surface area (Å²) < 4.78 is 24.3. The average Bonchev–Trinajstić information content (AvgIpc) is 4.12. The molecule has 5 unspecified atom stereocenters. The van der Waals surface area contributed by atoms with Crippen molar-refractivity contribution >= 4 is 0 Å². The third-order valence-electron chi connectivity index (χ3n) is 5.83. The van der Waals surface area contributed by atoms with Crippen molar-refractivity contribution in [3.63, 3.8) is 0 Å². The first-order valence-electron chi connectivity index (χ1n) is 19.9. The number of aliphatic hydroxyl groups excluding tert-OH is 2. The van der Waals surface area contributed by atoms with E-state index in [2.05, 4.69) is 60.1 Å². The quantitative estimate of drug-likeness (QED) is 0.179. The van der Waals surface area contributed by atoms with Gasteiger partial charge in [-0.15, -0.1) is 0 Å². The second kappa shape index (κ2) is 49.0. The Kier molecular flexibility index (Phi) is 55.9. The molecular weight excluding hydrogens is 737 g/mol. The zero-order valence-corrected chi connectivity index (χ0v) is 38.5. The van der Waals surface area contributed by atoms with Gasteiger partial charge < -0.3 is 33.9 Å². The zero-order valence-electron chi connectivity index (χ0n) is 38.5. The number of methoxy groups -OCH3 is 3. The van der Waals surface area contributed by atoms with Gasteiger partial charge in [0, 0.05) is 28.4 Å². The van der Waals surface area contributed by atoms with E-state index in [0.29, 0.717) is 41.9 Å². The minimum absolute atomic E-state index is 0. The molecule has 7 heteroatoms. The topological polar surface area (TPSA) is 93.2 Å². The van der Waals surface area contributed by atoms with E-state index >= 15 is 0 Å². The van der Waals surface area contributed by atoms with E-state index in [1.54, 1.807) is 21.3 Å². The van der Waals surface area contributed by atoms with Gasteiger partial charge in [0.15, 0.2) is 0 Å². The highest BCUT2D eigenvalue weighted by atomic mass is 16.6. The molecule has 2 aliphatic heterocycles. The lowest BCUT2D eigenvalue weighted by Gasteiger charge is -2.05. The minimum Gasteiger partial charge on any atom is -0.400 e. The van der Waals surface area contributed by atoms with Gasteiger partial charge in [-0.3, -0.25) is 0 Å². The van der Waals surface area contributed by atoms with Crippen molar-refractivity contribution in [1.82, 2.24) is 0 Å². The van der Waals surface area contributed by atoms with Crippen LogP contribution in [0.1, 0.15) is 97.4 Å². The molecule has 7 nitrogen and oxygen atoms in total. The van der Waals surface area contributed by atoms with E-state index in [4.69, 9.17) is 29.2 Å². The first kappa shape index (κ1) is 67.4. The molecule has 4 aromatic carbocycles. The number of benzene rings is 4. The molecule has 2 heterocycles. The lowest BCUT2D eigenvalue weighted by Crippen LogP contribution is -2.11. The SMILES string of the molecule is C.C.CC(C)(C)C.CC(C)(C)C.CCC(O)COC.CO.COCC1OC1C.COCC1OC1C.c1ccccc1.c1ccccc1.c1ccccc1.c1ccccc1. The van der Waals surface area contributed by atoms with Crippen molar-refractivity contribution in [1.29, 1.82) is 0 Å². The number of hydrogen-bond donors (Lipinski definition) is 2. The van der Waals surface area contributed by atoms with Crippen LogP contribution in [-0.2, 0) is 23.7 Å². The zero-order chi connectivity index (χ0) is 44.2. The number of rotatable bonds is 7. The van der Waals surface area contributed by atoms with Crippen molar-refractivity contribution in [3.05, 3.63) is 146 Å². The van der Waals surface area contributed by atoms with Gasteiger partial charge in [0.1, 0.15) is 12.2 Å². The molecule has 0 saturated carbocycles. The van der Waals surface area contributed by atoms with Crippen LogP contribution < -0.4 is 0 Å². The standard InChI is InChI=1S/4C6H6.2C5H10O2.C5H12O2.2C5H12.CH4O.2CH4/c4*1-2-4-6-5-3-1;2*1-4-5(7-4)3-6-2;1-3-5(6)4-7-2;2*1-5(2,3)4;1-2;;/h4*1-6H;2*4-5H,3H2,1-2H3;5-6H,3-4H2,1-2H3;2*1-4H3;2H,1H3;2*1H4. The molecule has 342 valence electrons. The third kappa shape index (κ3) is 79.5. The van der Waals surface area contributed by atoms with Crippen molar-refractivity contribution in [3.8, 4) is 0 Å². The van der Waals surface area contributed by atoms with Crippen molar-refractivity contribution < 1.29 is 33.9 Å². The largest absolute Gasteiger partial charge is 0.400 e. The predicted octanol–water partition coefficient (Wildman–Crippen LogP) is 13.0. The van der Waals surface area contributed by atoms with Crippen LogP contribution >= 0.6 is 0 Å². The summed E-state index contributed by atoms with van der Waals surface area (Å²) in [6.07, 6.45) is 2.17. The van der Waals surface area contributed by atoms with Crippen molar-refractivity contribution in [2.75, 3.05) is 48.3 Å². The van der Waals surface area contributed by atoms with Gasteiger partial charge in [-0.2, -0.15) is 0 Å². The predicted molar refractivity (Wildman–Crippen MR) is 258 cm³/mol. The first-order chi connectivity index (χ1) is 27.0. The Morgan fingerprint density at radius 3 is 0.644 bits per heavy atom. The van der Waals surface area contributed by atoms with Gasteiger partial charge in [0.2, 0.25) is 0 Å². The highest BCUT2D eigenvalue weighted by molar-refractivity contribution is 5.01. The molecule has 2 fully saturated rings. The van der Waals surface area contributed by atoms with Gasteiger partial charge in [-0.1, -0.05) is 223 Å². The third-order valence-corrected chi connectivity index (χ3v) is 5.83. The van der Waals surface area contributed by atoms with E-state index in [9.17, 15) is 0 Å². The number of epoxide rings is 2. The molecule has 0 bridgehead atoms. The van der Waals surface area contributed by atoms with E-state index in [-0.39, 0.29) is 21.0 Å². The fraction of sp³-hybridized carbons (Fsp3) is 0.538. The van der Waals surface area contributed by atoms with Crippen LogP contribution in [0, 0.1) is 10.8 Å². The molecule has 5 atom stereocenters. The molecule has 2 N–H and O–H groups in total. The number of ether oxygens (including phenoxy) is 5. The highest BCUT2D eigenvalue weighted by Gasteiger charge is 2.34. The second-order valence-electron chi connectivity index (χ2n) is 15.8. The summed E-state index contributed by atoms with van der Waals surface area (Å²) in [5.41, 5.74) is 1.00. The summed E-state index contributed by atoms with van der Waals surface area (Å²) in [6.45, 7) is 25.5. The van der Waals surface area contributed by atoms with Gasteiger partial charge >= 0.3 is 0 Å². The molecule has 6 rings (SSSR count). The van der Waals surface area contributed by atoms with Gasteiger partial charge in [-0.25, -0.2) is 0 Å². The van der Waals surface area contributed by atoms with Crippen LogP contribution in [0.2, 0.25) is 0 Å². The Labute approximate surface area is 365 Å². The fourth-order valence-electron chi connectivity index (χ4n) is 2.99. The average molecular weight is 829 g/mol. The summed E-state index contributed by atoms with van der Waals surface area (Å²) in [4.78, 5) is 0. The smallest absolute Gasteiger partial charge is 0.107 e. The monoisotopic (exact) mass is 829 g/mol. The normalized spacial score (nSPS) is 16.2. The molecule has 0 spiro atoms. The summed E-state index contributed by atoms with van der Waals surface area (Å²) in [7, 11) is 5.96. The first-order valence-corrected chi connectivity index (χ1v) is 19.9. The molecule has 4 aromatic rings. The number of hydrogen-bond acceptors (Lipinski definition) is 7. The van der Waals surface area contributed by atoms with Crippen LogP contribution in [0.15, 0.2) is 146 Å². The maximum atomic E-state index is 8.73. The summed E-state index contributed by atoms with van der Waals surface area (Å²) >= 11 is 0. The minimum atomic E-state index is -0.273. The summed E-state index contributed by atoms with van der Waals surface area (Å²) in [6, 6.07) is 48.0. The lowest BCUT2D eigenvalue weighted by molar-refractivity contribution is 0.0625. The molecule has 0 amide bonds. The van der Waals surface area contributed by atoms with E-state index in [0.717, 1.165) is 26.7 Å². The van der Waals surface area contributed by atoms with Gasteiger partial charge in [0.05, 0.1) is 38.1 Å². The molecule has 2 saturated heterocycles. The van der Waals surface area contributed by atoms with Crippen molar-refractivity contribution in [2.45, 2.75) is 128 Å². The van der Waals surface area contributed by atoms with E-state index < -0.39 is 0 Å². The van der Waals surface area contributed by atoms with Gasteiger partial charge in [-0.05, 0) is 31.1 Å². The molecule has 2 aliphatic rings. The van der Waals surface area contributed by atoms with Crippen LogP contribution in [0.3, 0.4) is 0 Å². The highest BCUT2D eigenvalue weighted by Crippen LogP contribution is 2.20. The number of aliphatic hydroxyl groups is 2. The molecular formula is C52H92O7. The Hall–Kier alpha value is -3.40. The molecule has 0 aliphatic carbocycles. The second-order valence-corrected chi connectivity index (χ2v) is 15.8. The Bertz CT molecular complexity index is 935. The summed E-state index contributed by atoms with van der Waals surface area (Å²) in [5, 5.41) is 15.7. The Morgan fingerprint density at radius 2 is 0.593 bits per heavy atom. The Balaban J connectivity index is -0.000000133. The summed E-state index contributed by atoms with van der Waals surface area (Å²) in [5.74, 6) is 0. The molecule has 0 aromatic heterocycles. The Morgan fingerprint density at radius 1 is 0.441 bits per heavy atom. The van der Waals surface area contributed by atoms with Crippen LogP contribution in [0.25, 0.3) is 0 Å². The lowest BCUT2D eigenvalue weighted by atomic mass is 10.0. The van der Waals surface area contributed by atoms with Crippen LogP contribution in [0.4, 0.5) is 0 Å². The maximum absolute atomic E-state index is 8.73. The molecule has 59 heavy (non-hydrogen) atoms. The van der Waals surface area contributed by atoms with Gasteiger partial charge in [0.25, 0.3) is 0 Å².